The third kappa shape index (κ3) is 1.39. The number of fused-ring (bicyclic) bond motifs is 3. The average Bonchev–Trinajstić information content (AvgIpc) is 2.57. The van der Waals surface area contributed by atoms with Crippen LogP contribution in [0.1, 0.15) is 12.5 Å². The fourth-order valence-electron chi connectivity index (χ4n) is 2.15. The van der Waals surface area contributed by atoms with Gasteiger partial charge >= 0.3 is 0 Å². The molecule has 3 heteroatoms. The Morgan fingerprint density at radius 3 is 3.00 bits per heavy atom. The zero-order valence-electron chi connectivity index (χ0n) is 8.67. The largest absolute Gasteiger partial charge is 0.252 e. The van der Waals surface area contributed by atoms with E-state index < -0.39 is 0 Å². The molecule has 3 rings (SSSR count). The van der Waals surface area contributed by atoms with Crippen molar-refractivity contribution in [1.29, 1.82) is 0 Å². The second-order valence-electron chi connectivity index (χ2n) is 4.06. The molecule has 1 aromatic carbocycles. The van der Waals surface area contributed by atoms with Gasteiger partial charge in [-0.3, -0.25) is 4.99 Å². The van der Waals surface area contributed by atoms with E-state index in [9.17, 15) is 4.39 Å². The van der Waals surface area contributed by atoms with Gasteiger partial charge in [0, 0.05) is 21.5 Å². The van der Waals surface area contributed by atoms with Crippen molar-refractivity contribution >= 4 is 32.9 Å². The summed E-state index contributed by atoms with van der Waals surface area (Å²) in [4.78, 5) is 4.55. The highest BCUT2D eigenvalue weighted by Gasteiger charge is 2.27. The van der Waals surface area contributed by atoms with Gasteiger partial charge < -0.3 is 0 Å². The number of hydrogen-bond acceptors (Lipinski definition) is 1. The quantitative estimate of drug-likeness (QED) is 0.666. The summed E-state index contributed by atoms with van der Waals surface area (Å²) >= 11 is 3.43. The van der Waals surface area contributed by atoms with Gasteiger partial charge in [0.25, 0.3) is 0 Å². The van der Waals surface area contributed by atoms with Crippen LogP contribution in [0.4, 0.5) is 10.1 Å². The zero-order valence-corrected chi connectivity index (χ0v) is 10.3. The van der Waals surface area contributed by atoms with Gasteiger partial charge in [0.15, 0.2) is 0 Å². The van der Waals surface area contributed by atoms with Crippen molar-refractivity contribution in [2.45, 2.75) is 6.92 Å². The van der Waals surface area contributed by atoms with Crippen LogP contribution < -0.4 is 0 Å². The van der Waals surface area contributed by atoms with Crippen LogP contribution in [-0.2, 0) is 0 Å². The molecule has 0 fully saturated rings. The highest BCUT2D eigenvalue weighted by Crippen LogP contribution is 2.41. The van der Waals surface area contributed by atoms with Crippen LogP contribution in [0.25, 0.3) is 5.57 Å². The highest BCUT2D eigenvalue weighted by atomic mass is 79.9. The fraction of sp³-hybridized carbons (Fsp3) is 0.154. The summed E-state index contributed by atoms with van der Waals surface area (Å²) in [6.07, 6.45) is 3.17. The Bertz CT molecular complexity index is 569. The van der Waals surface area contributed by atoms with E-state index in [1.54, 1.807) is 12.2 Å². The van der Waals surface area contributed by atoms with E-state index in [2.05, 4.69) is 20.9 Å². The summed E-state index contributed by atoms with van der Waals surface area (Å²) in [6.45, 7) is 1.96. The molecular weight excluding hydrogens is 269 g/mol. The molecule has 16 heavy (non-hydrogen) atoms. The molecule has 0 spiro atoms. The van der Waals surface area contributed by atoms with Crippen molar-refractivity contribution in [2.75, 3.05) is 0 Å². The van der Waals surface area contributed by atoms with E-state index in [-0.39, 0.29) is 11.7 Å². The van der Waals surface area contributed by atoms with Gasteiger partial charge in [-0.1, -0.05) is 22.9 Å². The van der Waals surface area contributed by atoms with Gasteiger partial charge in [0.05, 0.1) is 11.4 Å². The lowest BCUT2D eigenvalue weighted by atomic mass is 9.90. The number of benzene rings is 1. The van der Waals surface area contributed by atoms with E-state index in [1.165, 1.54) is 0 Å². The van der Waals surface area contributed by atoms with Gasteiger partial charge in [-0.25, -0.2) is 4.39 Å². The summed E-state index contributed by atoms with van der Waals surface area (Å²) in [5.74, 6) is -0.125. The van der Waals surface area contributed by atoms with Gasteiger partial charge in [-0.2, -0.15) is 0 Å². The van der Waals surface area contributed by atoms with Crippen LogP contribution in [-0.4, -0.2) is 5.71 Å². The van der Waals surface area contributed by atoms with Crippen LogP contribution in [0.2, 0.25) is 0 Å². The molecule has 80 valence electrons. The van der Waals surface area contributed by atoms with Crippen molar-refractivity contribution in [1.82, 2.24) is 0 Å². The number of rotatable bonds is 0. The van der Waals surface area contributed by atoms with Crippen LogP contribution in [0.15, 0.2) is 45.6 Å². The first-order chi connectivity index (χ1) is 7.65. The number of halogens is 2. The molecule has 1 nitrogen and oxygen atoms in total. The first-order valence-electron chi connectivity index (χ1n) is 5.13. The Labute approximate surface area is 102 Å². The molecule has 0 bridgehead atoms. The summed E-state index contributed by atoms with van der Waals surface area (Å²) in [5, 5.41) is 0. The van der Waals surface area contributed by atoms with E-state index in [1.807, 2.05) is 25.1 Å². The second kappa shape index (κ2) is 3.39. The minimum absolute atomic E-state index is 0.0474. The Balaban J connectivity index is 2.22. The third-order valence-corrected chi connectivity index (χ3v) is 3.38. The molecule has 0 saturated carbocycles. The SMILES string of the molecule is CC1C=C(F)C=C2C1=Nc1ccc(Br)cc12. The van der Waals surface area contributed by atoms with Crippen LogP contribution >= 0.6 is 15.9 Å². The molecule has 0 N–H and O–H groups in total. The monoisotopic (exact) mass is 277 g/mol. The van der Waals surface area contributed by atoms with Crippen LogP contribution in [0, 0.1) is 5.92 Å². The molecule has 1 atom stereocenters. The predicted octanol–water partition coefficient (Wildman–Crippen LogP) is 4.42. The van der Waals surface area contributed by atoms with Gasteiger partial charge in [-0.05, 0) is 30.4 Å². The van der Waals surface area contributed by atoms with E-state index in [0.29, 0.717) is 0 Å². The summed E-state index contributed by atoms with van der Waals surface area (Å²) < 4.78 is 14.4. The molecule has 0 amide bonds. The third-order valence-electron chi connectivity index (χ3n) is 2.89. The van der Waals surface area contributed by atoms with Crippen molar-refractivity contribution in [3.05, 3.63) is 46.2 Å². The molecule has 2 aliphatic rings. The standard InChI is InChI=1S/C13H9BrFN/c1-7-4-9(15)6-11-10-5-8(14)2-3-12(10)16-13(7)11/h2-7H,1H3. The van der Waals surface area contributed by atoms with Crippen molar-refractivity contribution in [3.63, 3.8) is 0 Å². The molecule has 1 heterocycles. The fourth-order valence-corrected chi connectivity index (χ4v) is 2.51. The van der Waals surface area contributed by atoms with E-state index in [0.717, 1.165) is 27.0 Å². The molecular formula is C13H9BrFN. The Morgan fingerprint density at radius 1 is 1.38 bits per heavy atom. The van der Waals surface area contributed by atoms with Crippen molar-refractivity contribution in [2.24, 2.45) is 10.9 Å². The minimum Gasteiger partial charge on any atom is -0.252 e. The maximum atomic E-state index is 13.4. The summed E-state index contributed by atoms with van der Waals surface area (Å²) in [7, 11) is 0. The number of hydrogen-bond donors (Lipinski definition) is 0. The van der Waals surface area contributed by atoms with Crippen molar-refractivity contribution < 1.29 is 4.39 Å². The number of allylic oxidation sites excluding steroid dienone is 4. The molecule has 1 aromatic rings. The van der Waals surface area contributed by atoms with E-state index >= 15 is 0 Å². The molecule has 0 radical (unpaired) electrons. The molecule has 0 aromatic heterocycles. The summed E-state index contributed by atoms with van der Waals surface area (Å²) in [6, 6.07) is 5.90. The Kier molecular flexibility index (Phi) is 2.11. The normalized spacial score (nSPS) is 21.9. The molecule has 1 aliphatic heterocycles. The average molecular weight is 278 g/mol. The summed E-state index contributed by atoms with van der Waals surface area (Å²) in [5.41, 5.74) is 3.83. The smallest absolute Gasteiger partial charge is 0.120 e. The molecule has 1 unspecified atom stereocenters. The van der Waals surface area contributed by atoms with Crippen molar-refractivity contribution in [3.8, 4) is 0 Å². The lowest BCUT2D eigenvalue weighted by Gasteiger charge is -2.14. The number of aliphatic imine (C=N–C) groups is 1. The van der Waals surface area contributed by atoms with E-state index in [4.69, 9.17) is 0 Å². The number of nitrogens with zero attached hydrogens (tertiary/aromatic N) is 1. The Morgan fingerprint density at radius 2 is 2.19 bits per heavy atom. The Hall–Kier alpha value is -1.22. The van der Waals surface area contributed by atoms with Crippen LogP contribution in [0.5, 0.6) is 0 Å². The lowest BCUT2D eigenvalue weighted by molar-refractivity contribution is 0.654. The molecule has 1 aliphatic carbocycles. The topological polar surface area (TPSA) is 12.4 Å². The zero-order chi connectivity index (χ0) is 11.3. The lowest BCUT2D eigenvalue weighted by Crippen LogP contribution is -2.11. The maximum Gasteiger partial charge on any atom is 0.120 e. The molecule has 0 saturated heterocycles. The second-order valence-corrected chi connectivity index (χ2v) is 4.97. The first-order valence-corrected chi connectivity index (χ1v) is 5.92. The first kappa shape index (κ1) is 9.97. The van der Waals surface area contributed by atoms with Crippen LogP contribution in [0.3, 0.4) is 0 Å². The van der Waals surface area contributed by atoms with Gasteiger partial charge in [0.1, 0.15) is 5.83 Å². The van der Waals surface area contributed by atoms with Gasteiger partial charge in [-0.15, -0.1) is 0 Å². The minimum atomic E-state index is -0.172. The highest BCUT2D eigenvalue weighted by molar-refractivity contribution is 9.10. The predicted molar refractivity (Wildman–Crippen MR) is 67.6 cm³/mol. The van der Waals surface area contributed by atoms with Gasteiger partial charge in [0.2, 0.25) is 0 Å². The maximum absolute atomic E-state index is 13.4.